The van der Waals surface area contributed by atoms with Gasteiger partial charge in [0.05, 0.1) is 13.2 Å². The standard InChI is InChI=1S/C23H32N4O.HI/c1-3-24-22(27-18-23(13-14-23)20-7-5-4-6-8-20)26-17-19-9-11-21(12-10-19)25-15-16-28-2;/h4-12,25H,3,13-18H2,1-2H3,(H2,24,26,27);1H. The largest absolute Gasteiger partial charge is 0.383 e. The third kappa shape index (κ3) is 7.19. The smallest absolute Gasteiger partial charge is 0.191 e. The van der Waals surface area contributed by atoms with Crippen LogP contribution >= 0.6 is 24.0 Å². The van der Waals surface area contributed by atoms with E-state index < -0.39 is 0 Å². The van der Waals surface area contributed by atoms with Gasteiger partial charge in [0.15, 0.2) is 5.96 Å². The predicted molar refractivity (Wildman–Crippen MR) is 132 cm³/mol. The Bertz CT molecular complexity index is 745. The summed E-state index contributed by atoms with van der Waals surface area (Å²) >= 11 is 0. The number of methoxy groups -OCH3 is 1. The fraction of sp³-hybridized carbons (Fsp3) is 0.435. The van der Waals surface area contributed by atoms with Crippen molar-refractivity contribution in [2.24, 2.45) is 4.99 Å². The molecule has 3 N–H and O–H groups in total. The maximum absolute atomic E-state index is 5.06. The summed E-state index contributed by atoms with van der Waals surface area (Å²) in [7, 11) is 1.71. The number of ether oxygens (including phenoxy) is 1. The van der Waals surface area contributed by atoms with Gasteiger partial charge in [-0.2, -0.15) is 0 Å². The predicted octanol–water partition coefficient (Wildman–Crippen LogP) is 4.15. The first kappa shape index (κ1) is 23.5. The summed E-state index contributed by atoms with van der Waals surface area (Å²) < 4.78 is 5.06. The summed E-state index contributed by atoms with van der Waals surface area (Å²) in [5, 5.41) is 10.2. The maximum atomic E-state index is 5.06. The second kappa shape index (κ2) is 12.0. The van der Waals surface area contributed by atoms with Crippen LogP contribution in [-0.2, 0) is 16.7 Å². The molecule has 29 heavy (non-hydrogen) atoms. The molecule has 1 aliphatic carbocycles. The first-order valence-corrected chi connectivity index (χ1v) is 10.2. The summed E-state index contributed by atoms with van der Waals surface area (Å²) in [4.78, 5) is 4.77. The Hall–Kier alpha value is -1.80. The SMILES string of the molecule is CCNC(=NCc1ccc(NCCOC)cc1)NCC1(c2ccccc2)CC1.I. The number of guanidine groups is 1. The molecule has 0 atom stereocenters. The highest BCUT2D eigenvalue weighted by Crippen LogP contribution is 2.47. The van der Waals surface area contributed by atoms with Crippen LogP contribution in [0.4, 0.5) is 5.69 Å². The second-order valence-corrected chi connectivity index (χ2v) is 7.31. The number of hydrogen-bond donors (Lipinski definition) is 3. The number of nitrogens with one attached hydrogen (secondary N) is 3. The Labute approximate surface area is 191 Å². The minimum Gasteiger partial charge on any atom is -0.383 e. The molecule has 2 aromatic carbocycles. The van der Waals surface area contributed by atoms with Crippen molar-refractivity contribution in [3.8, 4) is 0 Å². The summed E-state index contributed by atoms with van der Waals surface area (Å²) in [6, 6.07) is 19.2. The van der Waals surface area contributed by atoms with Crippen molar-refractivity contribution in [3.63, 3.8) is 0 Å². The average Bonchev–Trinajstić information content (AvgIpc) is 3.53. The van der Waals surface area contributed by atoms with E-state index in [1.165, 1.54) is 24.0 Å². The normalized spacial score (nSPS) is 14.6. The lowest BCUT2D eigenvalue weighted by molar-refractivity contribution is 0.211. The van der Waals surface area contributed by atoms with Gasteiger partial charge in [-0.3, -0.25) is 0 Å². The molecule has 0 amide bonds. The van der Waals surface area contributed by atoms with Crippen molar-refractivity contribution >= 4 is 35.6 Å². The lowest BCUT2D eigenvalue weighted by Gasteiger charge is -2.19. The molecule has 0 bridgehead atoms. The van der Waals surface area contributed by atoms with Crippen LogP contribution in [0.25, 0.3) is 0 Å². The van der Waals surface area contributed by atoms with Crippen LogP contribution in [0.3, 0.4) is 0 Å². The molecule has 0 saturated heterocycles. The zero-order chi connectivity index (χ0) is 19.7. The van der Waals surface area contributed by atoms with Crippen molar-refractivity contribution in [2.45, 2.75) is 31.7 Å². The van der Waals surface area contributed by atoms with Crippen molar-refractivity contribution in [1.82, 2.24) is 10.6 Å². The molecule has 1 fully saturated rings. The zero-order valence-electron chi connectivity index (χ0n) is 17.4. The maximum Gasteiger partial charge on any atom is 0.191 e. The Kier molecular flexibility index (Phi) is 9.73. The molecule has 0 radical (unpaired) electrons. The molecule has 1 aliphatic rings. The number of anilines is 1. The third-order valence-corrected chi connectivity index (χ3v) is 5.19. The van der Waals surface area contributed by atoms with E-state index in [2.05, 4.69) is 77.5 Å². The molecule has 0 aromatic heterocycles. The molecule has 0 unspecified atom stereocenters. The van der Waals surface area contributed by atoms with Gasteiger partial charge >= 0.3 is 0 Å². The lowest BCUT2D eigenvalue weighted by atomic mass is 9.96. The minimum atomic E-state index is 0. The van der Waals surface area contributed by atoms with Crippen LogP contribution < -0.4 is 16.0 Å². The Morgan fingerprint density at radius 3 is 2.38 bits per heavy atom. The fourth-order valence-corrected chi connectivity index (χ4v) is 3.30. The van der Waals surface area contributed by atoms with Gasteiger partial charge in [-0.25, -0.2) is 4.99 Å². The number of nitrogens with zero attached hydrogens (tertiary/aromatic N) is 1. The van der Waals surface area contributed by atoms with E-state index in [4.69, 9.17) is 9.73 Å². The quantitative estimate of drug-likeness (QED) is 0.195. The minimum absolute atomic E-state index is 0. The van der Waals surface area contributed by atoms with E-state index in [1.807, 2.05) is 0 Å². The van der Waals surface area contributed by atoms with Crippen molar-refractivity contribution in [3.05, 3.63) is 65.7 Å². The van der Waals surface area contributed by atoms with Gasteiger partial charge in [0, 0.05) is 37.8 Å². The Morgan fingerprint density at radius 2 is 1.76 bits per heavy atom. The first-order chi connectivity index (χ1) is 13.8. The van der Waals surface area contributed by atoms with E-state index in [0.717, 1.165) is 31.3 Å². The zero-order valence-corrected chi connectivity index (χ0v) is 19.7. The van der Waals surface area contributed by atoms with Crippen LogP contribution in [0.5, 0.6) is 0 Å². The van der Waals surface area contributed by atoms with Crippen molar-refractivity contribution in [2.75, 3.05) is 38.7 Å². The Balaban J connectivity index is 0.00000300. The van der Waals surface area contributed by atoms with Gasteiger partial charge in [0.1, 0.15) is 0 Å². The summed E-state index contributed by atoms with van der Waals surface area (Å²) in [5.74, 6) is 0.881. The van der Waals surface area contributed by atoms with Crippen LogP contribution in [0.2, 0.25) is 0 Å². The van der Waals surface area contributed by atoms with Gasteiger partial charge in [-0.1, -0.05) is 42.5 Å². The van der Waals surface area contributed by atoms with Crippen LogP contribution in [0.1, 0.15) is 30.9 Å². The molecule has 158 valence electrons. The van der Waals surface area contributed by atoms with E-state index in [9.17, 15) is 0 Å². The summed E-state index contributed by atoms with van der Waals surface area (Å²) in [6.07, 6.45) is 2.47. The van der Waals surface area contributed by atoms with E-state index in [1.54, 1.807) is 7.11 Å². The van der Waals surface area contributed by atoms with Crippen LogP contribution in [0, 0.1) is 0 Å². The van der Waals surface area contributed by atoms with E-state index >= 15 is 0 Å². The molecule has 0 aliphatic heterocycles. The van der Waals surface area contributed by atoms with E-state index in [-0.39, 0.29) is 29.4 Å². The first-order valence-electron chi connectivity index (χ1n) is 10.2. The number of halogens is 1. The molecule has 6 heteroatoms. The molecule has 0 spiro atoms. The molecule has 3 rings (SSSR count). The van der Waals surface area contributed by atoms with Gasteiger partial charge in [-0.15, -0.1) is 24.0 Å². The summed E-state index contributed by atoms with van der Waals surface area (Å²) in [6.45, 7) is 6.05. The molecule has 2 aromatic rings. The fourth-order valence-electron chi connectivity index (χ4n) is 3.30. The van der Waals surface area contributed by atoms with Crippen molar-refractivity contribution in [1.29, 1.82) is 0 Å². The highest BCUT2D eigenvalue weighted by molar-refractivity contribution is 14.0. The topological polar surface area (TPSA) is 57.7 Å². The van der Waals surface area contributed by atoms with Gasteiger partial charge in [0.2, 0.25) is 0 Å². The number of rotatable bonds is 10. The molecule has 5 nitrogen and oxygen atoms in total. The van der Waals surface area contributed by atoms with Gasteiger partial charge < -0.3 is 20.7 Å². The number of hydrogen-bond acceptors (Lipinski definition) is 3. The number of aliphatic imine (C=N–C) groups is 1. The molecular weight excluding hydrogens is 475 g/mol. The molecular formula is C23H33IN4O. The Morgan fingerprint density at radius 1 is 1.03 bits per heavy atom. The second-order valence-electron chi connectivity index (χ2n) is 7.31. The molecule has 0 heterocycles. The highest BCUT2D eigenvalue weighted by Gasteiger charge is 2.43. The average molecular weight is 508 g/mol. The van der Waals surface area contributed by atoms with Crippen molar-refractivity contribution < 1.29 is 4.74 Å². The number of benzene rings is 2. The third-order valence-electron chi connectivity index (χ3n) is 5.19. The van der Waals surface area contributed by atoms with Gasteiger partial charge in [-0.05, 0) is 43.0 Å². The lowest BCUT2D eigenvalue weighted by Crippen LogP contribution is -2.41. The highest BCUT2D eigenvalue weighted by atomic mass is 127. The summed E-state index contributed by atoms with van der Waals surface area (Å²) in [5.41, 5.74) is 3.99. The monoisotopic (exact) mass is 508 g/mol. The molecule has 1 saturated carbocycles. The van der Waals surface area contributed by atoms with Crippen LogP contribution in [-0.4, -0.2) is 39.3 Å². The van der Waals surface area contributed by atoms with E-state index in [0.29, 0.717) is 13.2 Å². The van der Waals surface area contributed by atoms with Crippen LogP contribution in [0.15, 0.2) is 59.6 Å². The van der Waals surface area contributed by atoms with Gasteiger partial charge in [0.25, 0.3) is 0 Å².